The van der Waals surface area contributed by atoms with Gasteiger partial charge in [-0.25, -0.2) is 4.79 Å². The zero-order chi connectivity index (χ0) is 16.3. The fourth-order valence-corrected chi connectivity index (χ4v) is 2.28. The van der Waals surface area contributed by atoms with Crippen molar-refractivity contribution < 1.29 is 19.1 Å². The fourth-order valence-electron chi connectivity index (χ4n) is 2.28. The van der Waals surface area contributed by atoms with Crippen molar-refractivity contribution in [3.8, 4) is 0 Å². The molecule has 2 N–H and O–H groups in total. The largest absolute Gasteiger partial charge is 0.478 e. The van der Waals surface area contributed by atoms with Crippen molar-refractivity contribution >= 4 is 11.9 Å². The summed E-state index contributed by atoms with van der Waals surface area (Å²) in [4.78, 5) is 27.4. The van der Waals surface area contributed by atoms with E-state index in [1.54, 1.807) is 6.92 Å². The highest BCUT2D eigenvalue weighted by molar-refractivity contribution is 5.96. The summed E-state index contributed by atoms with van der Waals surface area (Å²) in [5.74, 6) is -1.22. The minimum Gasteiger partial charge on any atom is -0.478 e. The highest BCUT2D eigenvalue weighted by atomic mass is 16.4. The topological polar surface area (TPSA) is 92.4 Å². The van der Waals surface area contributed by atoms with E-state index in [9.17, 15) is 9.59 Å². The first kappa shape index (κ1) is 15.8. The maximum Gasteiger partial charge on any atom is 0.339 e. The lowest BCUT2D eigenvalue weighted by molar-refractivity contribution is 0.0694. The predicted octanol–water partition coefficient (Wildman–Crippen LogP) is 2.48. The second-order valence-electron chi connectivity index (χ2n) is 5.05. The molecule has 0 fully saturated rings. The van der Waals surface area contributed by atoms with Crippen molar-refractivity contribution in [1.29, 1.82) is 0 Å². The van der Waals surface area contributed by atoms with E-state index in [1.807, 2.05) is 26.0 Å². The molecule has 0 aliphatic rings. The van der Waals surface area contributed by atoms with Crippen molar-refractivity contribution in [1.82, 2.24) is 10.3 Å². The molecule has 2 rings (SSSR count). The normalized spacial score (nSPS) is 10.5. The first-order valence-corrected chi connectivity index (χ1v) is 6.99. The molecule has 0 aliphatic carbocycles. The van der Waals surface area contributed by atoms with Crippen molar-refractivity contribution in [2.24, 2.45) is 0 Å². The zero-order valence-electron chi connectivity index (χ0n) is 12.8. The molecule has 2 heterocycles. The van der Waals surface area contributed by atoms with Gasteiger partial charge in [0, 0.05) is 30.4 Å². The molecule has 2 aromatic heterocycles. The van der Waals surface area contributed by atoms with Gasteiger partial charge in [-0.3, -0.25) is 9.78 Å². The quantitative estimate of drug-likeness (QED) is 0.885. The maximum absolute atomic E-state index is 12.1. The monoisotopic (exact) mass is 302 g/mol. The lowest BCUT2D eigenvalue weighted by Gasteiger charge is -2.05. The van der Waals surface area contributed by atoms with Crippen LogP contribution in [0.3, 0.4) is 0 Å². The maximum atomic E-state index is 12.1. The number of pyridine rings is 1. The Morgan fingerprint density at radius 3 is 2.36 bits per heavy atom. The summed E-state index contributed by atoms with van der Waals surface area (Å²) in [6, 6.07) is 5.03. The van der Waals surface area contributed by atoms with Crippen molar-refractivity contribution in [2.45, 2.75) is 33.7 Å². The number of carbonyl (C=O) groups excluding carboxylic acids is 1. The number of hydrogen-bond acceptors (Lipinski definition) is 4. The summed E-state index contributed by atoms with van der Waals surface area (Å²) in [5, 5.41) is 11.8. The van der Waals surface area contributed by atoms with Crippen LogP contribution in [0.2, 0.25) is 0 Å². The van der Waals surface area contributed by atoms with Gasteiger partial charge in [0.1, 0.15) is 11.3 Å². The van der Waals surface area contributed by atoms with E-state index < -0.39 is 11.9 Å². The van der Waals surface area contributed by atoms with Crippen LogP contribution in [-0.2, 0) is 13.0 Å². The SMILES string of the molecule is CCc1oc(C(=O)NCc2cc(C)nc(C)c2)cc1C(=O)O. The van der Waals surface area contributed by atoms with Crippen LogP contribution in [0.4, 0.5) is 0 Å². The molecule has 0 aromatic carbocycles. The first-order valence-electron chi connectivity index (χ1n) is 6.99. The van der Waals surface area contributed by atoms with Gasteiger partial charge in [-0.15, -0.1) is 0 Å². The third-order valence-corrected chi connectivity index (χ3v) is 3.18. The molecule has 0 bridgehead atoms. The average Bonchev–Trinajstić information content (AvgIpc) is 2.88. The van der Waals surface area contributed by atoms with Gasteiger partial charge in [0.15, 0.2) is 5.76 Å². The molecule has 0 unspecified atom stereocenters. The second-order valence-corrected chi connectivity index (χ2v) is 5.05. The second kappa shape index (κ2) is 6.43. The number of furan rings is 1. The number of carboxylic acids is 1. The van der Waals surface area contributed by atoms with Gasteiger partial charge in [0.2, 0.25) is 0 Å². The third-order valence-electron chi connectivity index (χ3n) is 3.18. The van der Waals surface area contributed by atoms with Gasteiger partial charge in [0.05, 0.1) is 0 Å². The van der Waals surface area contributed by atoms with E-state index in [0.29, 0.717) is 18.7 Å². The van der Waals surface area contributed by atoms with E-state index in [4.69, 9.17) is 9.52 Å². The summed E-state index contributed by atoms with van der Waals surface area (Å²) >= 11 is 0. The number of amides is 1. The summed E-state index contributed by atoms with van der Waals surface area (Å²) in [5.41, 5.74) is 2.72. The van der Waals surface area contributed by atoms with Crippen LogP contribution < -0.4 is 5.32 Å². The summed E-state index contributed by atoms with van der Waals surface area (Å²) in [6.45, 7) is 5.87. The van der Waals surface area contributed by atoms with E-state index >= 15 is 0 Å². The first-order chi connectivity index (χ1) is 10.4. The van der Waals surface area contributed by atoms with Crippen molar-refractivity contribution in [2.75, 3.05) is 0 Å². The number of nitrogens with one attached hydrogen (secondary N) is 1. The summed E-state index contributed by atoms with van der Waals surface area (Å²) in [6.07, 6.45) is 0.414. The Kier molecular flexibility index (Phi) is 4.60. The van der Waals surface area contributed by atoms with E-state index in [-0.39, 0.29) is 11.3 Å². The Hall–Kier alpha value is -2.63. The number of hydrogen-bond donors (Lipinski definition) is 2. The molecule has 0 spiro atoms. The molecule has 2 aromatic rings. The third kappa shape index (κ3) is 3.52. The minimum absolute atomic E-state index is 0.0109. The molecule has 6 heteroatoms. The van der Waals surface area contributed by atoms with Gasteiger partial charge in [0.25, 0.3) is 5.91 Å². The van der Waals surface area contributed by atoms with Crippen LogP contribution in [0.15, 0.2) is 22.6 Å². The Balaban J connectivity index is 2.11. The zero-order valence-corrected chi connectivity index (χ0v) is 12.8. The van der Waals surface area contributed by atoms with Crippen LogP contribution in [0.5, 0.6) is 0 Å². The number of rotatable bonds is 5. The number of aryl methyl sites for hydroxylation is 3. The van der Waals surface area contributed by atoms with Gasteiger partial charge in [-0.2, -0.15) is 0 Å². The molecule has 0 saturated heterocycles. The number of aromatic nitrogens is 1. The Morgan fingerprint density at radius 2 is 1.86 bits per heavy atom. The highest BCUT2D eigenvalue weighted by Crippen LogP contribution is 2.16. The Bertz CT molecular complexity index is 699. The van der Waals surface area contributed by atoms with E-state index in [1.165, 1.54) is 6.07 Å². The van der Waals surface area contributed by atoms with Crippen molar-refractivity contribution in [3.05, 3.63) is 52.2 Å². The summed E-state index contributed by atoms with van der Waals surface area (Å²) in [7, 11) is 0. The summed E-state index contributed by atoms with van der Waals surface area (Å²) < 4.78 is 5.32. The number of nitrogens with zero attached hydrogens (tertiary/aromatic N) is 1. The molecular weight excluding hydrogens is 284 g/mol. The number of carbonyl (C=O) groups is 2. The molecule has 6 nitrogen and oxygen atoms in total. The van der Waals surface area contributed by atoms with Gasteiger partial charge < -0.3 is 14.8 Å². The van der Waals surface area contributed by atoms with Crippen LogP contribution in [0.25, 0.3) is 0 Å². The average molecular weight is 302 g/mol. The number of aromatic carboxylic acids is 1. The highest BCUT2D eigenvalue weighted by Gasteiger charge is 2.19. The Morgan fingerprint density at radius 1 is 1.23 bits per heavy atom. The Labute approximate surface area is 128 Å². The van der Waals surface area contributed by atoms with Crippen LogP contribution in [-0.4, -0.2) is 22.0 Å². The van der Waals surface area contributed by atoms with Gasteiger partial charge >= 0.3 is 5.97 Å². The molecule has 0 radical (unpaired) electrons. The van der Waals surface area contributed by atoms with Crippen LogP contribution in [0.1, 0.15) is 50.5 Å². The van der Waals surface area contributed by atoms with Gasteiger partial charge in [-0.1, -0.05) is 6.92 Å². The molecule has 116 valence electrons. The molecule has 0 atom stereocenters. The standard InChI is InChI=1S/C16H18N2O4/c1-4-13-12(16(20)21)7-14(22-13)15(19)17-8-11-5-9(2)18-10(3)6-11/h5-7H,4,8H2,1-3H3,(H,17,19)(H,20,21). The van der Waals surface area contributed by atoms with Gasteiger partial charge in [-0.05, 0) is 31.5 Å². The molecular formula is C16H18N2O4. The van der Waals surface area contributed by atoms with Crippen molar-refractivity contribution in [3.63, 3.8) is 0 Å². The number of carboxylic acid groups (broad SMARTS) is 1. The molecule has 0 aliphatic heterocycles. The van der Waals surface area contributed by atoms with Crippen LogP contribution >= 0.6 is 0 Å². The van der Waals surface area contributed by atoms with E-state index in [0.717, 1.165) is 17.0 Å². The van der Waals surface area contributed by atoms with Crippen LogP contribution in [0, 0.1) is 13.8 Å². The molecule has 22 heavy (non-hydrogen) atoms. The molecule has 1 amide bonds. The lowest BCUT2D eigenvalue weighted by atomic mass is 10.2. The molecule has 0 saturated carbocycles. The smallest absolute Gasteiger partial charge is 0.339 e. The fraction of sp³-hybridized carbons (Fsp3) is 0.312. The predicted molar refractivity (Wildman–Crippen MR) is 79.9 cm³/mol. The van der Waals surface area contributed by atoms with E-state index in [2.05, 4.69) is 10.3 Å². The minimum atomic E-state index is -1.10. The lowest BCUT2D eigenvalue weighted by Crippen LogP contribution is -2.22.